The van der Waals surface area contributed by atoms with Gasteiger partial charge in [-0.15, -0.1) is 0 Å². The lowest BCUT2D eigenvalue weighted by Crippen LogP contribution is -2.54. The van der Waals surface area contributed by atoms with Crippen molar-refractivity contribution >= 4 is 0 Å². The molecule has 86 valence electrons. The smallest absolute Gasteiger partial charge is 0.0110 e. The van der Waals surface area contributed by atoms with Gasteiger partial charge >= 0.3 is 0 Å². The van der Waals surface area contributed by atoms with Gasteiger partial charge in [0.1, 0.15) is 0 Å². The highest BCUT2D eigenvalue weighted by atomic mass is 15.2. The molecule has 2 nitrogen and oxygen atoms in total. The average molecular weight is 208 g/mol. The van der Waals surface area contributed by atoms with Crippen LogP contribution in [0.15, 0.2) is 0 Å². The molecule has 3 rings (SSSR count). The minimum atomic E-state index is 0.831. The molecule has 1 saturated carbocycles. The Kier molecular flexibility index (Phi) is 2.73. The van der Waals surface area contributed by atoms with Gasteiger partial charge in [-0.3, -0.25) is 0 Å². The fraction of sp³-hybridized carbons (Fsp3) is 1.00. The molecule has 2 heteroatoms. The lowest BCUT2D eigenvalue weighted by atomic mass is 9.82. The number of piperidine rings is 2. The van der Waals surface area contributed by atoms with Crippen LogP contribution in [0.4, 0.5) is 0 Å². The maximum absolute atomic E-state index is 3.81. The van der Waals surface area contributed by atoms with E-state index < -0.39 is 0 Å². The van der Waals surface area contributed by atoms with Crippen LogP contribution in [-0.4, -0.2) is 36.6 Å². The molecular weight excluding hydrogens is 184 g/mol. The molecule has 3 fully saturated rings. The van der Waals surface area contributed by atoms with Crippen LogP contribution in [0.2, 0.25) is 0 Å². The van der Waals surface area contributed by atoms with Crippen molar-refractivity contribution in [1.29, 1.82) is 0 Å². The van der Waals surface area contributed by atoms with E-state index in [1.54, 1.807) is 0 Å². The zero-order valence-electron chi connectivity index (χ0n) is 9.91. The second-order valence-electron chi connectivity index (χ2n) is 5.92. The predicted octanol–water partition coefficient (Wildman–Crippen LogP) is 2.00. The number of hydrogen-bond acceptors (Lipinski definition) is 2. The summed E-state index contributed by atoms with van der Waals surface area (Å²) in [7, 11) is 2.34. The third-order valence-corrected chi connectivity index (χ3v) is 4.73. The Bertz CT molecular complexity index is 211. The molecule has 2 aliphatic heterocycles. The summed E-state index contributed by atoms with van der Waals surface area (Å²) in [5, 5.41) is 3.81. The van der Waals surface area contributed by atoms with Crippen molar-refractivity contribution in [1.82, 2.24) is 10.2 Å². The molecule has 1 aliphatic carbocycles. The number of fused-ring (bicyclic) bond motifs is 2. The topological polar surface area (TPSA) is 15.3 Å². The fourth-order valence-corrected chi connectivity index (χ4v) is 3.44. The molecule has 0 radical (unpaired) electrons. The van der Waals surface area contributed by atoms with E-state index in [1.165, 1.54) is 51.5 Å². The van der Waals surface area contributed by atoms with E-state index in [-0.39, 0.29) is 0 Å². The number of hydrogen-bond donors (Lipinski definition) is 1. The normalized spacial score (nSPS) is 41.8. The summed E-state index contributed by atoms with van der Waals surface area (Å²) in [6.07, 6.45) is 10.1. The Morgan fingerprint density at radius 1 is 1.07 bits per heavy atom. The van der Waals surface area contributed by atoms with Crippen LogP contribution in [0.25, 0.3) is 0 Å². The van der Waals surface area contributed by atoms with E-state index in [4.69, 9.17) is 0 Å². The summed E-state index contributed by atoms with van der Waals surface area (Å²) in [6, 6.07) is 2.60. The van der Waals surface area contributed by atoms with Gasteiger partial charge in [0.2, 0.25) is 0 Å². The standard InChI is InChI=1S/C13H24N2/c1-15-12-3-2-4-13(15)8-11(7-12)14-9-10-5-6-10/h10-14H,2-9H2,1H3/t11?,12-,13+. The largest absolute Gasteiger partial charge is 0.314 e. The highest BCUT2D eigenvalue weighted by Gasteiger charge is 2.36. The molecule has 0 aromatic heterocycles. The number of rotatable bonds is 3. The first-order chi connectivity index (χ1) is 7.33. The minimum absolute atomic E-state index is 0.831. The third-order valence-electron chi connectivity index (χ3n) is 4.73. The quantitative estimate of drug-likeness (QED) is 0.763. The molecule has 3 aliphatic rings. The van der Waals surface area contributed by atoms with Crippen LogP contribution in [0, 0.1) is 5.92 Å². The molecule has 1 unspecified atom stereocenters. The Hall–Kier alpha value is -0.0800. The van der Waals surface area contributed by atoms with Gasteiger partial charge in [-0.05, 0) is 58.0 Å². The summed E-state index contributed by atoms with van der Waals surface area (Å²) >= 11 is 0. The van der Waals surface area contributed by atoms with Crippen LogP contribution in [0.5, 0.6) is 0 Å². The van der Waals surface area contributed by atoms with Crippen molar-refractivity contribution in [3.05, 3.63) is 0 Å². The molecule has 3 atom stereocenters. The molecule has 0 amide bonds. The minimum Gasteiger partial charge on any atom is -0.314 e. The van der Waals surface area contributed by atoms with Crippen LogP contribution in [0.1, 0.15) is 44.9 Å². The zero-order chi connectivity index (χ0) is 10.3. The number of nitrogens with one attached hydrogen (secondary N) is 1. The van der Waals surface area contributed by atoms with Crippen molar-refractivity contribution in [3.8, 4) is 0 Å². The molecular formula is C13H24N2. The summed E-state index contributed by atoms with van der Waals surface area (Å²) < 4.78 is 0. The summed E-state index contributed by atoms with van der Waals surface area (Å²) in [5.41, 5.74) is 0. The fourth-order valence-electron chi connectivity index (χ4n) is 3.44. The highest BCUT2D eigenvalue weighted by molar-refractivity contribution is 4.94. The Labute approximate surface area is 93.4 Å². The number of nitrogens with zero attached hydrogens (tertiary/aromatic N) is 1. The van der Waals surface area contributed by atoms with Crippen molar-refractivity contribution in [3.63, 3.8) is 0 Å². The zero-order valence-corrected chi connectivity index (χ0v) is 9.91. The van der Waals surface area contributed by atoms with E-state index in [0.29, 0.717) is 0 Å². The Morgan fingerprint density at radius 3 is 2.33 bits per heavy atom. The van der Waals surface area contributed by atoms with Gasteiger partial charge in [-0.2, -0.15) is 0 Å². The SMILES string of the molecule is CN1[C@@H]2CCC[C@H]1CC(NCC1CC1)C2. The second-order valence-corrected chi connectivity index (χ2v) is 5.92. The van der Waals surface area contributed by atoms with Crippen LogP contribution >= 0.6 is 0 Å². The maximum atomic E-state index is 3.81. The van der Waals surface area contributed by atoms with Gasteiger partial charge < -0.3 is 10.2 Å². The predicted molar refractivity (Wildman–Crippen MR) is 62.9 cm³/mol. The van der Waals surface area contributed by atoms with E-state index in [9.17, 15) is 0 Å². The molecule has 1 N–H and O–H groups in total. The first-order valence-electron chi connectivity index (χ1n) is 6.78. The van der Waals surface area contributed by atoms with Gasteiger partial charge in [0.25, 0.3) is 0 Å². The maximum Gasteiger partial charge on any atom is 0.0110 e. The molecule has 0 aromatic rings. The lowest BCUT2D eigenvalue weighted by molar-refractivity contribution is 0.0484. The average Bonchev–Trinajstić information content (AvgIpc) is 2.99. The first kappa shape index (κ1) is 10.1. The van der Waals surface area contributed by atoms with Gasteiger partial charge in [-0.1, -0.05) is 6.42 Å². The van der Waals surface area contributed by atoms with E-state index in [2.05, 4.69) is 17.3 Å². The van der Waals surface area contributed by atoms with Gasteiger partial charge in [0.05, 0.1) is 0 Å². The monoisotopic (exact) mass is 208 g/mol. The van der Waals surface area contributed by atoms with Crippen molar-refractivity contribution in [2.24, 2.45) is 5.92 Å². The van der Waals surface area contributed by atoms with Crippen molar-refractivity contribution in [2.75, 3.05) is 13.6 Å². The van der Waals surface area contributed by atoms with Crippen LogP contribution < -0.4 is 5.32 Å². The Balaban J connectivity index is 1.53. The van der Waals surface area contributed by atoms with Crippen molar-refractivity contribution in [2.45, 2.75) is 63.1 Å². The molecule has 2 saturated heterocycles. The Morgan fingerprint density at radius 2 is 1.73 bits per heavy atom. The second kappa shape index (κ2) is 4.06. The third kappa shape index (κ3) is 2.21. The molecule has 2 heterocycles. The van der Waals surface area contributed by atoms with E-state index in [0.717, 1.165) is 24.0 Å². The highest BCUT2D eigenvalue weighted by Crippen LogP contribution is 2.33. The summed E-state index contributed by atoms with van der Waals surface area (Å²) in [6.45, 7) is 1.30. The summed E-state index contributed by atoms with van der Waals surface area (Å²) in [4.78, 5) is 2.65. The lowest BCUT2D eigenvalue weighted by Gasteiger charge is -2.47. The van der Waals surface area contributed by atoms with E-state index >= 15 is 0 Å². The van der Waals surface area contributed by atoms with Crippen molar-refractivity contribution < 1.29 is 0 Å². The molecule has 0 spiro atoms. The van der Waals surface area contributed by atoms with Gasteiger partial charge in [0, 0.05) is 18.1 Å². The molecule has 0 aromatic carbocycles. The van der Waals surface area contributed by atoms with Gasteiger partial charge in [0.15, 0.2) is 0 Å². The van der Waals surface area contributed by atoms with Gasteiger partial charge in [-0.25, -0.2) is 0 Å². The molecule has 2 bridgehead atoms. The van der Waals surface area contributed by atoms with Crippen LogP contribution in [0.3, 0.4) is 0 Å². The molecule has 15 heavy (non-hydrogen) atoms. The van der Waals surface area contributed by atoms with Crippen LogP contribution in [-0.2, 0) is 0 Å². The van der Waals surface area contributed by atoms with E-state index in [1.807, 2.05) is 0 Å². The first-order valence-corrected chi connectivity index (χ1v) is 6.78. The summed E-state index contributed by atoms with van der Waals surface area (Å²) in [5.74, 6) is 1.03.